The molecule has 0 heterocycles. The van der Waals surface area contributed by atoms with Crippen molar-refractivity contribution in [2.45, 2.75) is 59.0 Å². The van der Waals surface area contributed by atoms with E-state index in [9.17, 15) is 5.11 Å². The highest BCUT2D eigenvalue weighted by atomic mass is 16.3. The van der Waals surface area contributed by atoms with Crippen molar-refractivity contribution in [3.63, 3.8) is 0 Å². The van der Waals surface area contributed by atoms with Crippen LogP contribution in [0.5, 0.6) is 0 Å². The molecule has 1 aliphatic rings. The molecule has 1 fully saturated rings. The number of aliphatic hydroxyl groups excluding tert-OH is 1. The minimum atomic E-state index is -0.0486. The Morgan fingerprint density at radius 3 is 2.17 bits per heavy atom. The largest absolute Gasteiger partial charge is 0.393 e. The van der Waals surface area contributed by atoms with Crippen molar-refractivity contribution in [3.8, 4) is 0 Å². The fourth-order valence-electron chi connectivity index (χ4n) is 2.14. The van der Waals surface area contributed by atoms with Gasteiger partial charge in [-0.2, -0.15) is 0 Å². The van der Waals surface area contributed by atoms with Crippen LogP contribution in [0.15, 0.2) is 0 Å². The highest BCUT2D eigenvalue weighted by Gasteiger charge is 2.26. The topological polar surface area (TPSA) is 20.2 Å². The molecule has 0 aromatic rings. The molecule has 1 heteroatoms. The normalized spacial score (nSPS) is 23.0. The van der Waals surface area contributed by atoms with Crippen molar-refractivity contribution in [1.82, 2.24) is 0 Å². The quantitative estimate of drug-likeness (QED) is 0.675. The average molecular weight is 170 g/mol. The van der Waals surface area contributed by atoms with Crippen molar-refractivity contribution in [3.05, 3.63) is 0 Å². The SMILES string of the molecule is CC(C)(C)C[C@H](O)C1CCCC1. The van der Waals surface area contributed by atoms with Gasteiger partial charge in [0.2, 0.25) is 0 Å². The number of hydrogen-bond donors (Lipinski definition) is 1. The third kappa shape index (κ3) is 3.14. The summed E-state index contributed by atoms with van der Waals surface area (Å²) in [7, 11) is 0. The molecule has 0 spiro atoms. The second kappa shape index (κ2) is 3.78. The standard InChI is InChI=1S/C11H22O/c1-11(2,3)8-10(12)9-6-4-5-7-9/h9-10,12H,4-8H2,1-3H3/t10-/m0/s1. The average Bonchev–Trinajstić information content (AvgIpc) is 2.32. The smallest absolute Gasteiger partial charge is 0.0573 e. The lowest BCUT2D eigenvalue weighted by Crippen LogP contribution is -2.24. The summed E-state index contributed by atoms with van der Waals surface area (Å²) in [4.78, 5) is 0. The molecule has 0 saturated heterocycles. The Labute approximate surface area is 76.2 Å². The second-order valence-corrected chi connectivity index (χ2v) is 5.38. The van der Waals surface area contributed by atoms with Gasteiger partial charge in [0.05, 0.1) is 6.10 Å². The summed E-state index contributed by atoms with van der Waals surface area (Å²) in [6.45, 7) is 6.60. The van der Waals surface area contributed by atoms with Crippen molar-refractivity contribution in [1.29, 1.82) is 0 Å². The fraction of sp³-hybridized carbons (Fsp3) is 1.00. The Morgan fingerprint density at radius 2 is 1.75 bits per heavy atom. The lowest BCUT2D eigenvalue weighted by atomic mass is 9.84. The zero-order chi connectivity index (χ0) is 9.19. The molecule has 0 bridgehead atoms. The van der Waals surface area contributed by atoms with Gasteiger partial charge in [-0.25, -0.2) is 0 Å². The maximum Gasteiger partial charge on any atom is 0.0573 e. The molecule has 1 N–H and O–H groups in total. The first-order chi connectivity index (χ1) is 5.49. The molecule has 0 amide bonds. The van der Waals surface area contributed by atoms with E-state index in [1.54, 1.807) is 0 Å². The zero-order valence-electron chi connectivity index (χ0n) is 8.64. The van der Waals surface area contributed by atoms with Crippen molar-refractivity contribution < 1.29 is 5.11 Å². The van der Waals surface area contributed by atoms with Gasteiger partial charge in [-0.05, 0) is 30.6 Å². The van der Waals surface area contributed by atoms with Gasteiger partial charge in [0.1, 0.15) is 0 Å². The van der Waals surface area contributed by atoms with Gasteiger partial charge in [-0.15, -0.1) is 0 Å². The van der Waals surface area contributed by atoms with Crippen LogP contribution in [0, 0.1) is 11.3 Å². The molecule has 72 valence electrons. The first-order valence-corrected chi connectivity index (χ1v) is 5.17. The lowest BCUT2D eigenvalue weighted by Gasteiger charge is -2.26. The molecule has 0 aromatic heterocycles. The summed E-state index contributed by atoms with van der Waals surface area (Å²) in [5, 5.41) is 9.88. The fourth-order valence-corrected chi connectivity index (χ4v) is 2.14. The third-order valence-electron chi connectivity index (χ3n) is 2.77. The molecule has 0 unspecified atom stereocenters. The van der Waals surface area contributed by atoms with Gasteiger partial charge < -0.3 is 5.11 Å². The maximum atomic E-state index is 9.88. The van der Waals surface area contributed by atoms with Crippen LogP contribution in [-0.2, 0) is 0 Å². The van der Waals surface area contributed by atoms with E-state index in [4.69, 9.17) is 0 Å². The van der Waals surface area contributed by atoms with Gasteiger partial charge in [-0.3, -0.25) is 0 Å². The highest BCUT2D eigenvalue weighted by Crippen LogP contribution is 2.33. The van der Waals surface area contributed by atoms with Crippen LogP contribution >= 0.6 is 0 Å². The molecule has 0 radical (unpaired) electrons. The van der Waals surface area contributed by atoms with Crippen LogP contribution in [0.3, 0.4) is 0 Å². The van der Waals surface area contributed by atoms with Gasteiger partial charge in [0, 0.05) is 0 Å². The van der Waals surface area contributed by atoms with Crippen molar-refractivity contribution in [2.75, 3.05) is 0 Å². The molecule has 1 rings (SSSR count). The molecule has 0 aliphatic heterocycles. The highest BCUT2D eigenvalue weighted by molar-refractivity contribution is 4.78. The molecular formula is C11H22O. The molecule has 12 heavy (non-hydrogen) atoms. The van der Waals surface area contributed by atoms with E-state index in [0.29, 0.717) is 5.92 Å². The number of aliphatic hydroxyl groups is 1. The third-order valence-corrected chi connectivity index (χ3v) is 2.77. The van der Waals surface area contributed by atoms with Crippen LogP contribution in [0.4, 0.5) is 0 Å². The molecular weight excluding hydrogens is 148 g/mol. The van der Waals surface area contributed by atoms with E-state index in [1.807, 2.05) is 0 Å². The Kier molecular flexibility index (Phi) is 3.16. The predicted molar refractivity (Wildman–Crippen MR) is 52.0 cm³/mol. The maximum absolute atomic E-state index is 9.88. The van der Waals surface area contributed by atoms with Gasteiger partial charge in [-0.1, -0.05) is 33.6 Å². The first kappa shape index (κ1) is 10.0. The molecule has 1 saturated carbocycles. The van der Waals surface area contributed by atoms with Gasteiger partial charge >= 0.3 is 0 Å². The van der Waals surface area contributed by atoms with Gasteiger partial charge in [0.25, 0.3) is 0 Å². The van der Waals surface area contributed by atoms with E-state index in [2.05, 4.69) is 20.8 Å². The summed E-state index contributed by atoms with van der Waals surface area (Å²) in [6.07, 6.45) is 6.05. The monoisotopic (exact) mass is 170 g/mol. The number of rotatable bonds is 2. The Morgan fingerprint density at radius 1 is 1.25 bits per heavy atom. The van der Waals surface area contributed by atoms with Gasteiger partial charge in [0.15, 0.2) is 0 Å². The summed E-state index contributed by atoms with van der Waals surface area (Å²) < 4.78 is 0. The van der Waals surface area contributed by atoms with E-state index in [-0.39, 0.29) is 11.5 Å². The predicted octanol–water partition coefficient (Wildman–Crippen LogP) is 2.97. The van der Waals surface area contributed by atoms with Crippen molar-refractivity contribution >= 4 is 0 Å². The van der Waals surface area contributed by atoms with Crippen LogP contribution in [-0.4, -0.2) is 11.2 Å². The second-order valence-electron chi connectivity index (χ2n) is 5.38. The summed E-state index contributed by atoms with van der Waals surface area (Å²) in [6, 6.07) is 0. The molecule has 1 nitrogen and oxygen atoms in total. The van der Waals surface area contributed by atoms with Crippen molar-refractivity contribution in [2.24, 2.45) is 11.3 Å². The molecule has 1 aliphatic carbocycles. The Balaban J connectivity index is 2.31. The van der Waals surface area contributed by atoms with E-state index < -0.39 is 0 Å². The molecule has 0 aromatic carbocycles. The summed E-state index contributed by atoms with van der Waals surface area (Å²) in [5.41, 5.74) is 0.280. The summed E-state index contributed by atoms with van der Waals surface area (Å²) in [5.74, 6) is 0.601. The van der Waals surface area contributed by atoms with Crippen LogP contribution in [0.25, 0.3) is 0 Å². The minimum Gasteiger partial charge on any atom is -0.393 e. The zero-order valence-corrected chi connectivity index (χ0v) is 8.64. The molecule has 1 atom stereocenters. The van der Waals surface area contributed by atoms with E-state index >= 15 is 0 Å². The van der Waals surface area contributed by atoms with Crippen LogP contribution in [0.2, 0.25) is 0 Å². The van der Waals surface area contributed by atoms with E-state index in [1.165, 1.54) is 25.7 Å². The van der Waals surface area contributed by atoms with E-state index in [0.717, 1.165) is 6.42 Å². The first-order valence-electron chi connectivity index (χ1n) is 5.17. The summed E-state index contributed by atoms with van der Waals surface area (Å²) >= 11 is 0. The Bertz CT molecular complexity index is 128. The minimum absolute atomic E-state index is 0.0486. The Hall–Kier alpha value is -0.0400. The van der Waals surface area contributed by atoms with Crippen LogP contribution < -0.4 is 0 Å². The number of hydrogen-bond acceptors (Lipinski definition) is 1. The van der Waals surface area contributed by atoms with Crippen LogP contribution in [0.1, 0.15) is 52.9 Å². The lowest BCUT2D eigenvalue weighted by molar-refractivity contribution is 0.0686.